The van der Waals surface area contributed by atoms with E-state index in [1.54, 1.807) is 4.90 Å². The summed E-state index contributed by atoms with van der Waals surface area (Å²) in [4.78, 5) is 44.9. The summed E-state index contributed by atoms with van der Waals surface area (Å²) in [6.45, 7) is 8.41. The summed E-state index contributed by atoms with van der Waals surface area (Å²) in [5.74, 6) is -1.75. The molecule has 0 aliphatic carbocycles. The summed E-state index contributed by atoms with van der Waals surface area (Å²) in [6, 6.07) is 9.63. The molecule has 2 fully saturated rings. The monoisotopic (exact) mass is 491 g/mol. The minimum absolute atomic E-state index is 0.0446. The number of carbonyl (C=O) groups excluding carboxylic acids is 1. The van der Waals surface area contributed by atoms with E-state index in [9.17, 15) is 24.6 Å². The molecule has 11 heteroatoms. The molecule has 194 valence electrons. The van der Waals surface area contributed by atoms with Gasteiger partial charge in [-0.25, -0.2) is 4.79 Å². The van der Waals surface area contributed by atoms with Crippen molar-refractivity contribution in [3.63, 3.8) is 0 Å². The van der Waals surface area contributed by atoms with Crippen LogP contribution in [0.2, 0.25) is 0 Å². The number of nitrogens with zero attached hydrogens (tertiary/aromatic N) is 5. The van der Waals surface area contributed by atoms with Crippen molar-refractivity contribution >= 4 is 18.0 Å². The molecule has 2 aliphatic heterocycles. The maximum atomic E-state index is 12.4. The van der Waals surface area contributed by atoms with Crippen LogP contribution < -0.4 is 0 Å². The number of amides is 1. The van der Waals surface area contributed by atoms with Crippen LogP contribution in [0.1, 0.15) is 5.56 Å². The first kappa shape index (κ1) is 26.9. The first-order valence-electron chi connectivity index (χ1n) is 12.2. The molecule has 11 nitrogen and oxygen atoms in total. The number of hydrogen-bond acceptors (Lipinski definition) is 8. The minimum Gasteiger partial charge on any atom is -0.480 e. The van der Waals surface area contributed by atoms with Gasteiger partial charge >= 0.3 is 18.0 Å². The zero-order chi connectivity index (χ0) is 25.0. The van der Waals surface area contributed by atoms with Gasteiger partial charge in [0.2, 0.25) is 0 Å². The van der Waals surface area contributed by atoms with Crippen molar-refractivity contribution in [2.75, 3.05) is 91.6 Å². The van der Waals surface area contributed by atoms with E-state index in [0.29, 0.717) is 39.3 Å². The van der Waals surface area contributed by atoms with Gasteiger partial charge in [0, 0.05) is 78.5 Å². The molecule has 2 saturated heterocycles. The number of aliphatic carboxylic acids is 2. The van der Waals surface area contributed by atoms with Crippen LogP contribution in [0, 0.1) is 0 Å². The smallest absolute Gasteiger partial charge is 0.410 e. The number of piperazine rings is 1. The lowest BCUT2D eigenvalue weighted by Crippen LogP contribution is -2.51. The molecule has 1 aromatic rings. The van der Waals surface area contributed by atoms with Crippen molar-refractivity contribution in [2.24, 2.45) is 0 Å². The second-order valence-corrected chi connectivity index (χ2v) is 9.05. The third-order valence-electron chi connectivity index (χ3n) is 6.48. The van der Waals surface area contributed by atoms with Gasteiger partial charge in [-0.15, -0.1) is 0 Å². The third-order valence-corrected chi connectivity index (χ3v) is 6.48. The second-order valence-electron chi connectivity index (χ2n) is 9.05. The molecule has 3 rings (SSSR count). The number of carbonyl (C=O) groups is 3. The van der Waals surface area contributed by atoms with E-state index in [0.717, 1.165) is 44.8 Å². The van der Waals surface area contributed by atoms with Gasteiger partial charge in [-0.1, -0.05) is 30.3 Å². The topological polar surface area (TPSA) is 117 Å². The molecule has 0 saturated carbocycles. The molecule has 2 N–H and O–H groups in total. The molecule has 0 aromatic heterocycles. The van der Waals surface area contributed by atoms with Crippen molar-refractivity contribution in [1.82, 2.24) is 24.5 Å². The van der Waals surface area contributed by atoms with Crippen molar-refractivity contribution in [1.29, 1.82) is 0 Å². The van der Waals surface area contributed by atoms with E-state index in [4.69, 9.17) is 4.74 Å². The summed E-state index contributed by atoms with van der Waals surface area (Å²) in [7, 11) is 0. The molecule has 0 atom stereocenters. The zero-order valence-corrected chi connectivity index (χ0v) is 20.3. The van der Waals surface area contributed by atoms with Crippen LogP contribution in [-0.2, 0) is 20.9 Å². The van der Waals surface area contributed by atoms with Gasteiger partial charge in [-0.05, 0) is 5.56 Å². The van der Waals surface area contributed by atoms with Gasteiger partial charge in [-0.2, -0.15) is 0 Å². The molecule has 1 aromatic carbocycles. The highest BCUT2D eigenvalue weighted by atomic mass is 16.6. The van der Waals surface area contributed by atoms with Crippen molar-refractivity contribution in [3.05, 3.63) is 35.9 Å². The fraction of sp³-hybridized carbons (Fsp3) is 0.625. The molecular formula is C24H37N5O6. The zero-order valence-electron chi connectivity index (χ0n) is 20.3. The Bertz CT molecular complexity index is 790. The Labute approximate surface area is 206 Å². The maximum Gasteiger partial charge on any atom is 0.410 e. The first-order valence-corrected chi connectivity index (χ1v) is 12.2. The van der Waals surface area contributed by atoms with E-state index in [1.807, 2.05) is 40.1 Å². The Morgan fingerprint density at radius 3 is 1.54 bits per heavy atom. The van der Waals surface area contributed by atoms with E-state index < -0.39 is 11.9 Å². The van der Waals surface area contributed by atoms with Gasteiger partial charge < -0.3 is 19.8 Å². The van der Waals surface area contributed by atoms with E-state index in [-0.39, 0.29) is 25.8 Å². The minimum atomic E-state index is -0.874. The molecule has 2 heterocycles. The lowest BCUT2D eigenvalue weighted by molar-refractivity contribution is -0.140. The fourth-order valence-corrected chi connectivity index (χ4v) is 4.35. The summed E-state index contributed by atoms with van der Waals surface area (Å²) in [5, 5.41) is 18.4. The lowest BCUT2D eigenvalue weighted by Gasteiger charge is -2.35. The molecule has 2 aliphatic rings. The summed E-state index contributed by atoms with van der Waals surface area (Å²) in [6.07, 6.45) is -0.287. The molecular weight excluding hydrogens is 454 g/mol. The second kappa shape index (κ2) is 14.0. The number of rotatable bonds is 9. The number of carboxylic acid groups (broad SMARTS) is 2. The SMILES string of the molecule is O=C(O)CN1CCN(CCN2CCN(C(=O)OCc3ccccc3)CC2)CCN(CC(=O)O)CC1. The van der Waals surface area contributed by atoms with Gasteiger partial charge in [0.25, 0.3) is 0 Å². The van der Waals surface area contributed by atoms with Crippen molar-refractivity contribution in [3.8, 4) is 0 Å². The molecule has 35 heavy (non-hydrogen) atoms. The fourth-order valence-electron chi connectivity index (χ4n) is 4.35. The molecule has 0 unspecified atom stereocenters. The molecule has 1 amide bonds. The average Bonchev–Trinajstić information content (AvgIpc) is 2.93. The van der Waals surface area contributed by atoms with Crippen LogP contribution in [0.25, 0.3) is 0 Å². The van der Waals surface area contributed by atoms with Crippen LogP contribution in [0.15, 0.2) is 30.3 Å². The van der Waals surface area contributed by atoms with Crippen LogP contribution in [-0.4, -0.2) is 144 Å². The van der Waals surface area contributed by atoms with Crippen LogP contribution >= 0.6 is 0 Å². The molecule has 0 spiro atoms. The quantitative estimate of drug-likeness (QED) is 0.490. The van der Waals surface area contributed by atoms with Crippen molar-refractivity contribution < 1.29 is 29.3 Å². The molecule has 0 radical (unpaired) electrons. The lowest BCUT2D eigenvalue weighted by atomic mass is 10.2. The summed E-state index contributed by atoms with van der Waals surface area (Å²) in [5.41, 5.74) is 0.965. The van der Waals surface area contributed by atoms with E-state index in [1.165, 1.54) is 0 Å². The third kappa shape index (κ3) is 9.81. The number of carboxylic acids is 2. The van der Waals surface area contributed by atoms with E-state index >= 15 is 0 Å². The van der Waals surface area contributed by atoms with Crippen LogP contribution in [0.3, 0.4) is 0 Å². The predicted molar refractivity (Wildman–Crippen MR) is 129 cm³/mol. The summed E-state index contributed by atoms with van der Waals surface area (Å²) >= 11 is 0. The van der Waals surface area contributed by atoms with Gasteiger partial charge in [0.05, 0.1) is 13.1 Å². The number of benzene rings is 1. The summed E-state index contributed by atoms with van der Waals surface area (Å²) < 4.78 is 5.44. The highest BCUT2D eigenvalue weighted by molar-refractivity contribution is 5.69. The highest BCUT2D eigenvalue weighted by Gasteiger charge is 2.23. The van der Waals surface area contributed by atoms with Crippen LogP contribution in [0.4, 0.5) is 4.79 Å². The molecule has 0 bridgehead atoms. The van der Waals surface area contributed by atoms with Gasteiger partial charge in [0.1, 0.15) is 6.61 Å². The Hall–Kier alpha value is -2.73. The standard InChI is InChI=1S/C24H37N5O6/c30-22(31)18-27-10-8-25(9-11-28(13-12-27)19-23(32)33)6-7-26-14-16-29(17-15-26)24(34)35-20-21-4-2-1-3-5-21/h1-5H,6-20H2,(H,30,31)(H,32,33). The van der Waals surface area contributed by atoms with Gasteiger partial charge in [0.15, 0.2) is 0 Å². The first-order chi connectivity index (χ1) is 16.9. The van der Waals surface area contributed by atoms with Crippen molar-refractivity contribution in [2.45, 2.75) is 6.61 Å². The highest BCUT2D eigenvalue weighted by Crippen LogP contribution is 2.08. The maximum absolute atomic E-state index is 12.4. The largest absolute Gasteiger partial charge is 0.480 e. The number of ether oxygens (including phenoxy) is 1. The van der Waals surface area contributed by atoms with Gasteiger partial charge in [-0.3, -0.25) is 29.2 Å². The Morgan fingerprint density at radius 2 is 1.09 bits per heavy atom. The normalized spacial score (nSPS) is 19.5. The average molecular weight is 492 g/mol. The predicted octanol–water partition coefficient (Wildman–Crippen LogP) is 0.0296. The Morgan fingerprint density at radius 1 is 0.657 bits per heavy atom. The number of hydrogen-bond donors (Lipinski definition) is 2. The van der Waals surface area contributed by atoms with Crippen LogP contribution in [0.5, 0.6) is 0 Å². The Kier molecular flexibility index (Phi) is 10.7. The van der Waals surface area contributed by atoms with E-state index in [2.05, 4.69) is 9.80 Å². The Balaban J connectivity index is 1.42.